The lowest BCUT2D eigenvalue weighted by molar-refractivity contribution is -0.116. The summed E-state index contributed by atoms with van der Waals surface area (Å²) >= 11 is 1.54. The van der Waals surface area contributed by atoms with E-state index in [9.17, 15) is 9.18 Å². The molecule has 1 N–H and O–H groups in total. The molecule has 2 heterocycles. The van der Waals surface area contributed by atoms with Crippen LogP contribution < -0.4 is 5.32 Å². The van der Waals surface area contributed by atoms with E-state index in [2.05, 4.69) is 10.4 Å². The van der Waals surface area contributed by atoms with E-state index in [1.807, 2.05) is 30.8 Å². The number of hydrogen-bond donors (Lipinski definition) is 1. The van der Waals surface area contributed by atoms with Crippen LogP contribution in [0.4, 0.5) is 4.39 Å². The monoisotopic (exact) mass is 341 g/mol. The molecule has 3 aromatic rings. The zero-order valence-corrected chi connectivity index (χ0v) is 13.8. The van der Waals surface area contributed by atoms with Gasteiger partial charge < -0.3 is 5.32 Å². The summed E-state index contributed by atoms with van der Waals surface area (Å²) < 4.78 is 14.8. The van der Waals surface area contributed by atoms with Crippen LogP contribution in [0.15, 0.2) is 60.2 Å². The lowest BCUT2D eigenvalue weighted by Crippen LogP contribution is -2.27. The average Bonchev–Trinajstić information content (AvgIpc) is 3.23. The Bertz CT molecular complexity index is 838. The van der Waals surface area contributed by atoms with Crippen LogP contribution in [-0.4, -0.2) is 15.7 Å². The zero-order chi connectivity index (χ0) is 16.9. The summed E-state index contributed by atoms with van der Waals surface area (Å²) in [7, 11) is 1.82. The van der Waals surface area contributed by atoms with Crippen LogP contribution in [0.5, 0.6) is 0 Å². The number of nitrogens with one attached hydrogen (secondary N) is 1. The Kier molecular flexibility index (Phi) is 4.86. The molecule has 0 fully saturated rings. The van der Waals surface area contributed by atoms with E-state index < -0.39 is 0 Å². The van der Waals surface area contributed by atoms with Gasteiger partial charge in [-0.2, -0.15) is 5.10 Å². The number of amides is 1. The van der Waals surface area contributed by atoms with Crippen LogP contribution in [0.3, 0.4) is 0 Å². The summed E-state index contributed by atoms with van der Waals surface area (Å²) in [6.45, 7) is 0. The Balaban J connectivity index is 1.78. The normalized spacial score (nSPS) is 12.4. The number of carbonyl (C=O) groups excluding carboxylic acids is 1. The minimum Gasteiger partial charge on any atom is -0.341 e. The number of aromatic nitrogens is 2. The van der Waals surface area contributed by atoms with Gasteiger partial charge in [0, 0.05) is 29.8 Å². The number of rotatable bonds is 5. The third-order valence-electron chi connectivity index (χ3n) is 3.47. The van der Waals surface area contributed by atoms with Crippen LogP contribution in [-0.2, 0) is 11.8 Å². The molecule has 4 nitrogen and oxygen atoms in total. The van der Waals surface area contributed by atoms with E-state index in [-0.39, 0.29) is 17.8 Å². The number of benzene rings is 1. The van der Waals surface area contributed by atoms with E-state index in [1.165, 1.54) is 18.2 Å². The molecule has 3 rings (SSSR count). The van der Waals surface area contributed by atoms with E-state index in [1.54, 1.807) is 40.4 Å². The molecule has 0 saturated carbocycles. The van der Waals surface area contributed by atoms with Gasteiger partial charge in [0.25, 0.3) is 0 Å². The van der Waals surface area contributed by atoms with Crippen LogP contribution in [0, 0.1) is 5.82 Å². The Hall–Kier alpha value is -2.73. The molecule has 0 unspecified atom stereocenters. The molecule has 0 radical (unpaired) electrons. The Morgan fingerprint density at radius 3 is 2.75 bits per heavy atom. The van der Waals surface area contributed by atoms with Crippen LogP contribution in [0.1, 0.15) is 22.0 Å². The lowest BCUT2D eigenvalue weighted by Gasteiger charge is -2.17. The first-order valence-electron chi connectivity index (χ1n) is 7.38. The molecular formula is C18H16FN3OS. The van der Waals surface area contributed by atoms with E-state index in [0.29, 0.717) is 0 Å². The summed E-state index contributed by atoms with van der Waals surface area (Å²) in [5, 5.41) is 8.97. The Labute approximate surface area is 143 Å². The quantitative estimate of drug-likeness (QED) is 0.722. The predicted octanol–water partition coefficient (Wildman–Crippen LogP) is 3.54. The highest BCUT2D eigenvalue weighted by molar-refractivity contribution is 7.10. The number of nitrogens with zero attached hydrogens (tertiary/aromatic N) is 2. The smallest absolute Gasteiger partial charge is 0.244 e. The maximum atomic E-state index is 13.2. The van der Waals surface area contributed by atoms with Gasteiger partial charge in [-0.15, -0.1) is 11.3 Å². The first-order chi connectivity index (χ1) is 11.6. The molecule has 0 saturated heterocycles. The van der Waals surface area contributed by atoms with Gasteiger partial charge in [0.2, 0.25) is 5.91 Å². The highest BCUT2D eigenvalue weighted by Gasteiger charge is 2.16. The van der Waals surface area contributed by atoms with Gasteiger partial charge in [-0.25, -0.2) is 4.39 Å². The summed E-state index contributed by atoms with van der Waals surface area (Å²) in [6, 6.07) is 9.73. The molecule has 0 aliphatic heterocycles. The van der Waals surface area contributed by atoms with Gasteiger partial charge in [0.05, 0.1) is 12.2 Å². The molecule has 1 atom stereocenters. The van der Waals surface area contributed by atoms with E-state index in [0.717, 1.165) is 16.0 Å². The summed E-state index contributed by atoms with van der Waals surface area (Å²) in [6.07, 6.45) is 6.68. The molecule has 0 bridgehead atoms. The maximum absolute atomic E-state index is 13.2. The highest BCUT2D eigenvalue weighted by atomic mass is 32.1. The zero-order valence-electron chi connectivity index (χ0n) is 13.0. The Morgan fingerprint density at radius 1 is 1.33 bits per heavy atom. The van der Waals surface area contributed by atoms with Crippen molar-refractivity contribution in [1.82, 2.24) is 15.1 Å². The van der Waals surface area contributed by atoms with E-state index in [4.69, 9.17) is 0 Å². The van der Waals surface area contributed by atoms with Crippen molar-refractivity contribution in [1.29, 1.82) is 0 Å². The molecule has 24 heavy (non-hydrogen) atoms. The molecule has 2 aromatic heterocycles. The van der Waals surface area contributed by atoms with Crippen LogP contribution >= 0.6 is 11.3 Å². The first-order valence-corrected chi connectivity index (χ1v) is 8.26. The molecule has 0 aliphatic carbocycles. The van der Waals surface area contributed by atoms with Gasteiger partial charge in [0.1, 0.15) is 5.82 Å². The van der Waals surface area contributed by atoms with Crippen molar-refractivity contribution in [3.63, 3.8) is 0 Å². The van der Waals surface area contributed by atoms with Crippen molar-refractivity contribution in [3.05, 3.63) is 82.1 Å². The number of hydrogen-bond acceptors (Lipinski definition) is 3. The number of thiophene rings is 1. The molecule has 1 amide bonds. The highest BCUT2D eigenvalue weighted by Crippen LogP contribution is 2.26. The topological polar surface area (TPSA) is 46.9 Å². The maximum Gasteiger partial charge on any atom is 0.244 e. The van der Waals surface area contributed by atoms with Gasteiger partial charge in [-0.3, -0.25) is 9.48 Å². The second-order valence-corrected chi connectivity index (χ2v) is 6.27. The molecule has 1 aromatic carbocycles. The third-order valence-corrected chi connectivity index (χ3v) is 4.41. The fourth-order valence-electron chi connectivity index (χ4n) is 2.32. The van der Waals surface area contributed by atoms with Crippen molar-refractivity contribution < 1.29 is 9.18 Å². The number of carbonyl (C=O) groups is 1. The van der Waals surface area contributed by atoms with Crippen molar-refractivity contribution >= 4 is 23.3 Å². The SMILES string of the molecule is Cn1cc(/C=C/C(=O)N[C@@H](c2ccc(F)cc2)c2cccs2)cn1. The van der Waals surface area contributed by atoms with Crippen LogP contribution in [0.25, 0.3) is 6.08 Å². The minimum atomic E-state index is -0.309. The predicted molar refractivity (Wildman–Crippen MR) is 92.9 cm³/mol. The van der Waals surface area contributed by atoms with Gasteiger partial charge >= 0.3 is 0 Å². The molecule has 0 spiro atoms. The summed E-state index contributed by atoms with van der Waals surface area (Å²) in [5.41, 5.74) is 1.68. The molecular weight excluding hydrogens is 325 g/mol. The lowest BCUT2D eigenvalue weighted by atomic mass is 10.1. The van der Waals surface area contributed by atoms with Crippen molar-refractivity contribution in [2.75, 3.05) is 0 Å². The fraction of sp³-hybridized carbons (Fsp3) is 0.111. The average molecular weight is 341 g/mol. The van der Waals surface area contributed by atoms with Crippen molar-refractivity contribution in [3.8, 4) is 0 Å². The fourth-order valence-corrected chi connectivity index (χ4v) is 3.12. The largest absolute Gasteiger partial charge is 0.341 e. The second kappa shape index (κ2) is 7.23. The third kappa shape index (κ3) is 3.97. The van der Waals surface area contributed by atoms with Gasteiger partial charge in [-0.1, -0.05) is 18.2 Å². The van der Waals surface area contributed by atoms with Gasteiger partial charge in [-0.05, 0) is 35.2 Å². The molecule has 0 aliphatic rings. The molecule has 6 heteroatoms. The summed E-state index contributed by atoms with van der Waals surface area (Å²) in [5.74, 6) is -0.520. The standard InChI is InChI=1S/C18H16FN3OS/c1-22-12-13(11-20-22)4-9-17(23)21-18(16-3-2-10-24-16)14-5-7-15(19)8-6-14/h2-12,18H,1H3,(H,21,23)/b9-4+/t18-/m0/s1. The first kappa shape index (κ1) is 16.1. The Morgan fingerprint density at radius 2 is 2.12 bits per heavy atom. The number of aryl methyl sites for hydroxylation is 1. The van der Waals surface area contributed by atoms with E-state index >= 15 is 0 Å². The van der Waals surface area contributed by atoms with Crippen LogP contribution in [0.2, 0.25) is 0 Å². The second-order valence-electron chi connectivity index (χ2n) is 5.29. The van der Waals surface area contributed by atoms with Crippen molar-refractivity contribution in [2.45, 2.75) is 6.04 Å². The van der Waals surface area contributed by atoms with Crippen molar-refractivity contribution in [2.24, 2.45) is 7.05 Å². The van der Waals surface area contributed by atoms with Gasteiger partial charge in [0.15, 0.2) is 0 Å². The molecule has 122 valence electrons. The number of halogens is 1. The summed E-state index contributed by atoms with van der Waals surface area (Å²) in [4.78, 5) is 13.3. The minimum absolute atomic E-state index is 0.221.